The Morgan fingerprint density at radius 1 is 1.05 bits per heavy atom. The summed E-state index contributed by atoms with van der Waals surface area (Å²) in [4.78, 5) is 39.7. The van der Waals surface area contributed by atoms with Gasteiger partial charge in [0.1, 0.15) is 5.75 Å². The molecular formula is C25H31N3O8S. The van der Waals surface area contributed by atoms with E-state index in [1.165, 1.54) is 9.75 Å². The van der Waals surface area contributed by atoms with Gasteiger partial charge in [0, 0.05) is 48.3 Å². The van der Waals surface area contributed by atoms with Crippen molar-refractivity contribution in [2.24, 2.45) is 0 Å². The zero-order valence-corrected chi connectivity index (χ0v) is 21.2. The quantitative estimate of drug-likeness (QED) is 0.220. The van der Waals surface area contributed by atoms with Gasteiger partial charge in [-0.3, -0.25) is 14.5 Å². The average Bonchev–Trinajstić information content (AvgIpc) is 3.44. The summed E-state index contributed by atoms with van der Waals surface area (Å²) in [5.41, 5.74) is -1.59. The minimum absolute atomic E-state index is 0.331. The lowest BCUT2D eigenvalue weighted by Gasteiger charge is -2.22. The molecule has 11 nitrogen and oxygen atoms in total. The van der Waals surface area contributed by atoms with Gasteiger partial charge in [-0.1, -0.05) is 12.1 Å². The summed E-state index contributed by atoms with van der Waals surface area (Å²) in [5, 5.41) is 43.5. The number of hydrogen-bond donors (Lipinski definition) is 5. The van der Waals surface area contributed by atoms with E-state index >= 15 is 0 Å². The third-order valence-electron chi connectivity index (χ3n) is 5.23. The molecule has 0 atom stereocenters. The molecule has 12 heteroatoms. The molecule has 3 rings (SSSR count). The number of thiophene rings is 1. The summed E-state index contributed by atoms with van der Waals surface area (Å²) in [6, 6.07) is 11.9. The number of phenols is 1. The first-order valence-corrected chi connectivity index (χ1v) is 12.2. The maximum absolute atomic E-state index is 10.3. The van der Waals surface area contributed by atoms with Crippen molar-refractivity contribution in [1.29, 1.82) is 0 Å². The summed E-state index contributed by atoms with van der Waals surface area (Å²) in [7, 11) is 0. The number of carboxylic acid groups (broad SMARTS) is 3. The number of aliphatic carboxylic acids is 3. The molecule has 0 aliphatic rings. The molecule has 0 saturated heterocycles. The second kappa shape index (κ2) is 14.1. The first-order chi connectivity index (χ1) is 17.5. The third kappa shape index (κ3) is 10.8. The van der Waals surface area contributed by atoms with Crippen molar-refractivity contribution in [3.05, 3.63) is 70.4 Å². The number of benzene rings is 1. The maximum atomic E-state index is 10.3. The van der Waals surface area contributed by atoms with E-state index in [9.17, 15) is 19.5 Å². The van der Waals surface area contributed by atoms with Gasteiger partial charge >= 0.3 is 17.9 Å². The molecule has 0 fully saturated rings. The van der Waals surface area contributed by atoms with Crippen molar-refractivity contribution in [3.63, 3.8) is 0 Å². The van der Waals surface area contributed by atoms with Gasteiger partial charge in [-0.25, -0.2) is 9.78 Å². The van der Waals surface area contributed by atoms with Crippen LogP contribution < -0.4 is 0 Å². The Bertz CT molecular complexity index is 1150. The highest BCUT2D eigenvalue weighted by atomic mass is 32.1. The number of carboxylic acids is 3. The van der Waals surface area contributed by atoms with Crippen LogP contribution in [0.25, 0.3) is 0 Å². The number of imidazole rings is 1. The molecule has 2 heterocycles. The maximum Gasteiger partial charge on any atom is 0.336 e. The van der Waals surface area contributed by atoms with Gasteiger partial charge in [0.2, 0.25) is 0 Å². The molecular weight excluding hydrogens is 502 g/mol. The van der Waals surface area contributed by atoms with Crippen LogP contribution in [0.1, 0.15) is 34.6 Å². The molecule has 200 valence electrons. The average molecular weight is 534 g/mol. The van der Waals surface area contributed by atoms with Crippen molar-refractivity contribution in [3.8, 4) is 5.75 Å². The Morgan fingerprint density at radius 2 is 1.76 bits per heavy atom. The Kier molecular flexibility index (Phi) is 11.2. The van der Waals surface area contributed by atoms with Gasteiger partial charge in [0.15, 0.2) is 5.60 Å². The van der Waals surface area contributed by atoms with Crippen LogP contribution in [0.5, 0.6) is 5.75 Å². The zero-order chi connectivity index (χ0) is 27.4. The summed E-state index contributed by atoms with van der Waals surface area (Å²) in [5.74, 6) is -4.69. The van der Waals surface area contributed by atoms with Crippen molar-refractivity contribution in [2.75, 3.05) is 6.54 Å². The topological polar surface area (TPSA) is 173 Å². The van der Waals surface area contributed by atoms with Crippen LogP contribution in [0.2, 0.25) is 0 Å². The molecule has 5 N–H and O–H groups in total. The number of hydrogen-bond acceptors (Lipinski definition) is 8. The van der Waals surface area contributed by atoms with Crippen LogP contribution >= 0.6 is 11.3 Å². The fourth-order valence-electron chi connectivity index (χ4n) is 3.53. The Hall–Kier alpha value is -3.74. The standard InChI is InChI=1S/C19H23N3OS.C6H8O7/c1-16-6-7-19(24-16)14-22(10-3-9-21-11-8-20-15-21)13-17-4-2-5-18(23)12-17;7-3(8)1-6(13,5(11)12)2-4(9)10/h2,4-8,11-12,15,23H,3,9-10,13-14H2,1H3;13H,1-2H2,(H,7,8)(H,9,10)(H,11,12). The summed E-state index contributed by atoms with van der Waals surface area (Å²) in [6.07, 6.45) is 4.46. The van der Waals surface area contributed by atoms with E-state index in [4.69, 9.17) is 20.4 Å². The minimum Gasteiger partial charge on any atom is -0.508 e. The van der Waals surface area contributed by atoms with Gasteiger partial charge < -0.3 is 30.1 Å². The fourth-order valence-corrected chi connectivity index (χ4v) is 4.46. The van der Waals surface area contributed by atoms with Crippen LogP contribution in [0.15, 0.2) is 55.1 Å². The Balaban J connectivity index is 0.000000317. The van der Waals surface area contributed by atoms with E-state index in [2.05, 4.69) is 39.6 Å². The molecule has 0 bridgehead atoms. The van der Waals surface area contributed by atoms with E-state index < -0.39 is 36.4 Å². The minimum atomic E-state index is -2.74. The van der Waals surface area contributed by atoms with Crippen LogP contribution in [0.4, 0.5) is 0 Å². The van der Waals surface area contributed by atoms with Crippen molar-refractivity contribution in [1.82, 2.24) is 14.5 Å². The monoisotopic (exact) mass is 533 g/mol. The molecule has 0 saturated carbocycles. The lowest BCUT2D eigenvalue weighted by molar-refractivity contribution is -0.170. The SMILES string of the molecule is Cc1ccc(CN(CCCn2ccnc2)Cc2cccc(O)c2)s1.O=C(O)CC(O)(CC(=O)O)C(=O)O. The molecule has 0 radical (unpaired) electrons. The number of aromatic nitrogens is 2. The molecule has 0 aliphatic heterocycles. The number of rotatable bonds is 13. The predicted molar refractivity (Wildman–Crippen MR) is 135 cm³/mol. The number of nitrogens with zero attached hydrogens (tertiary/aromatic N) is 3. The van der Waals surface area contributed by atoms with Gasteiger partial charge in [-0.15, -0.1) is 11.3 Å². The number of aryl methyl sites for hydroxylation is 2. The highest BCUT2D eigenvalue weighted by molar-refractivity contribution is 7.11. The molecule has 0 aliphatic carbocycles. The number of aliphatic hydroxyl groups is 1. The molecule has 1 aromatic carbocycles. The fraction of sp³-hybridized carbons (Fsp3) is 0.360. The van der Waals surface area contributed by atoms with Gasteiger partial charge in [-0.05, 0) is 43.2 Å². The lowest BCUT2D eigenvalue weighted by atomic mass is 9.96. The summed E-state index contributed by atoms with van der Waals surface area (Å²) in [6.45, 7) is 5.91. The van der Waals surface area contributed by atoms with Crippen molar-refractivity contribution in [2.45, 2.75) is 51.4 Å². The zero-order valence-electron chi connectivity index (χ0n) is 20.4. The third-order valence-corrected chi connectivity index (χ3v) is 6.21. The summed E-state index contributed by atoms with van der Waals surface area (Å²) < 4.78 is 2.11. The molecule has 37 heavy (non-hydrogen) atoms. The second-order valence-electron chi connectivity index (χ2n) is 8.52. The molecule has 0 unspecified atom stereocenters. The van der Waals surface area contributed by atoms with Crippen molar-refractivity contribution >= 4 is 29.2 Å². The number of phenolic OH excluding ortho intramolecular Hbond substituents is 1. The van der Waals surface area contributed by atoms with Crippen LogP contribution in [0.3, 0.4) is 0 Å². The molecule has 3 aromatic rings. The van der Waals surface area contributed by atoms with Crippen LogP contribution in [-0.4, -0.2) is 70.0 Å². The normalized spacial score (nSPS) is 11.1. The number of aromatic hydroxyl groups is 1. The first kappa shape index (κ1) is 29.5. The first-order valence-electron chi connectivity index (χ1n) is 11.4. The summed E-state index contributed by atoms with van der Waals surface area (Å²) >= 11 is 1.85. The van der Waals surface area contributed by atoms with Crippen LogP contribution in [0, 0.1) is 6.92 Å². The predicted octanol–water partition coefficient (Wildman–Crippen LogP) is 2.80. The molecule has 0 spiro atoms. The van der Waals surface area contributed by atoms with Gasteiger partial charge in [0.05, 0.1) is 19.2 Å². The highest BCUT2D eigenvalue weighted by Gasteiger charge is 2.40. The number of carbonyl (C=O) groups is 3. The van der Waals surface area contributed by atoms with Crippen molar-refractivity contribution < 1.29 is 39.9 Å². The molecule has 2 aromatic heterocycles. The largest absolute Gasteiger partial charge is 0.508 e. The Morgan fingerprint density at radius 3 is 2.27 bits per heavy atom. The van der Waals surface area contributed by atoms with E-state index in [-0.39, 0.29) is 0 Å². The highest BCUT2D eigenvalue weighted by Crippen LogP contribution is 2.20. The van der Waals surface area contributed by atoms with Gasteiger partial charge in [0.25, 0.3) is 0 Å². The van der Waals surface area contributed by atoms with E-state index in [0.29, 0.717) is 5.75 Å². The van der Waals surface area contributed by atoms with Crippen LogP contribution in [-0.2, 0) is 34.0 Å². The molecule has 0 amide bonds. The smallest absolute Gasteiger partial charge is 0.336 e. The van der Waals surface area contributed by atoms with E-state index in [0.717, 1.165) is 38.2 Å². The Labute approximate surface area is 217 Å². The van der Waals surface area contributed by atoms with E-state index in [1.807, 2.05) is 42.2 Å². The van der Waals surface area contributed by atoms with E-state index in [1.54, 1.807) is 6.07 Å². The van der Waals surface area contributed by atoms with Gasteiger partial charge in [-0.2, -0.15) is 0 Å². The second-order valence-corrected chi connectivity index (χ2v) is 9.90. The lowest BCUT2D eigenvalue weighted by Crippen LogP contribution is -2.42.